The zero-order chi connectivity index (χ0) is 13.1. The fourth-order valence-electron chi connectivity index (χ4n) is 2.23. The molecule has 0 aliphatic carbocycles. The van der Waals surface area contributed by atoms with Crippen LogP contribution in [0, 0.1) is 5.92 Å². The number of nitrogens with zero attached hydrogens (tertiary/aromatic N) is 3. The molecular formula is C12H17N3O3. The standard InChI is InChI=1S/C12H17N3O3/c1-14-7-9(6-13-14)3-2-4-15-8-10(12(17)18)5-11(15)16/h6-7,10H,2-5,8H2,1H3,(H,17,18)/t10-/m1/s1. The van der Waals surface area contributed by atoms with Crippen LogP contribution >= 0.6 is 0 Å². The molecule has 0 radical (unpaired) electrons. The number of carboxylic acids is 1. The number of aromatic nitrogens is 2. The molecule has 2 heterocycles. The van der Waals surface area contributed by atoms with Gasteiger partial charge in [-0.1, -0.05) is 0 Å². The molecule has 6 nitrogen and oxygen atoms in total. The summed E-state index contributed by atoms with van der Waals surface area (Å²) in [7, 11) is 1.87. The van der Waals surface area contributed by atoms with Crippen molar-refractivity contribution in [3.05, 3.63) is 18.0 Å². The summed E-state index contributed by atoms with van der Waals surface area (Å²) >= 11 is 0. The molecule has 0 spiro atoms. The van der Waals surface area contributed by atoms with E-state index in [1.165, 1.54) is 0 Å². The minimum Gasteiger partial charge on any atom is -0.481 e. The predicted molar refractivity (Wildman–Crippen MR) is 63.9 cm³/mol. The predicted octanol–water partition coefficient (Wildman–Crippen LogP) is 0.286. The van der Waals surface area contributed by atoms with Crippen molar-refractivity contribution in [2.24, 2.45) is 13.0 Å². The summed E-state index contributed by atoms with van der Waals surface area (Å²) in [5, 5.41) is 12.9. The lowest BCUT2D eigenvalue weighted by molar-refractivity contribution is -0.141. The van der Waals surface area contributed by atoms with Crippen LogP contribution < -0.4 is 0 Å². The van der Waals surface area contributed by atoms with E-state index in [9.17, 15) is 9.59 Å². The van der Waals surface area contributed by atoms with Gasteiger partial charge < -0.3 is 10.0 Å². The Morgan fingerprint density at radius 1 is 1.61 bits per heavy atom. The van der Waals surface area contributed by atoms with Crippen LogP contribution in [0.5, 0.6) is 0 Å². The average molecular weight is 251 g/mol. The maximum atomic E-state index is 11.6. The molecular weight excluding hydrogens is 234 g/mol. The molecule has 2 rings (SSSR count). The van der Waals surface area contributed by atoms with Gasteiger partial charge in [-0.25, -0.2) is 0 Å². The fraction of sp³-hybridized carbons (Fsp3) is 0.583. The highest BCUT2D eigenvalue weighted by Crippen LogP contribution is 2.18. The summed E-state index contributed by atoms with van der Waals surface area (Å²) in [4.78, 5) is 24.0. The Balaban J connectivity index is 1.77. The van der Waals surface area contributed by atoms with Crippen LogP contribution in [0.4, 0.5) is 0 Å². The smallest absolute Gasteiger partial charge is 0.308 e. The Kier molecular flexibility index (Phi) is 3.64. The summed E-state index contributed by atoms with van der Waals surface area (Å²) < 4.78 is 1.75. The maximum absolute atomic E-state index is 11.6. The second-order valence-corrected chi connectivity index (χ2v) is 4.70. The number of carboxylic acid groups (broad SMARTS) is 1. The number of carbonyl (C=O) groups is 2. The Bertz CT molecular complexity index is 455. The van der Waals surface area contributed by atoms with Gasteiger partial charge in [0.15, 0.2) is 0 Å². The number of carbonyl (C=O) groups excluding carboxylic acids is 1. The van der Waals surface area contributed by atoms with E-state index in [2.05, 4.69) is 5.10 Å². The highest BCUT2D eigenvalue weighted by Gasteiger charge is 2.33. The van der Waals surface area contributed by atoms with Gasteiger partial charge in [-0.3, -0.25) is 14.3 Å². The van der Waals surface area contributed by atoms with Crippen molar-refractivity contribution in [2.45, 2.75) is 19.3 Å². The zero-order valence-electron chi connectivity index (χ0n) is 10.4. The first-order valence-corrected chi connectivity index (χ1v) is 6.04. The number of hydrogen-bond donors (Lipinski definition) is 1. The summed E-state index contributed by atoms with van der Waals surface area (Å²) in [6, 6.07) is 0. The third-order valence-electron chi connectivity index (χ3n) is 3.22. The van der Waals surface area contributed by atoms with Crippen LogP contribution in [0.2, 0.25) is 0 Å². The van der Waals surface area contributed by atoms with E-state index in [4.69, 9.17) is 5.11 Å². The first-order chi connectivity index (χ1) is 8.56. The second kappa shape index (κ2) is 5.20. The molecule has 1 aliphatic rings. The second-order valence-electron chi connectivity index (χ2n) is 4.70. The average Bonchev–Trinajstić information content (AvgIpc) is 2.87. The molecule has 1 saturated heterocycles. The van der Waals surface area contributed by atoms with Crippen molar-refractivity contribution >= 4 is 11.9 Å². The Morgan fingerprint density at radius 3 is 2.94 bits per heavy atom. The molecule has 6 heteroatoms. The molecule has 1 aromatic heterocycles. The minimum atomic E-state index is -0.877. The summed E-state index contributed by atoms with van der Waals surface area (Å²) in [6.45, 7) is 0.971. The van der Waals surface area contributed by atoms with Crippen molar-refractivity contribution in [1.82, 2.24) is 14.7 Å². The molecule has 98 valence electrons. The van der Waals surface area contributed by atoms with Crippen LogP contribution in [-0.4, -0.2) is 44.8 Å². The largest absolute Gasteiger partial charge is 0.481 e. The van der Waals surface area contributed by atoms with Gasteiger partial charge in [0.25, 0.3) is 0 Å². The molecule has 1 fully saturated rings. The third kappa shape index (κ3) is 2.88. The van der Waals surface area contributed by atoms with Crippen molar-refractivity contribution in [2.75, 3.05) is 13.1 Å². The van der Waals surface area contributed by atoms with E-state index in [-0.39, 0.29) is 12.3 Å². The molecule has 0 aromatic carbocycles. The van der Waals surface area contributed by atoms with Crippen LogP contribution in [0.3, 0.4) is 0 Å². The van der Waals surface area contributed by atoms with Crippen LogP contribution in [-0.2, 0) is 23.1 Å². The Labute approximate surface area is 105 Å². The Hall–Kier alpha value is -1.85. The number of amides is 1. The highest BCUT2D eigenvalue weighted by atomic mass is 16.4. The van der Waals surface area contributed by atoms with E-state index in [0.29, 0.717) is 13.1 Å². The zero-order valence-corrected chi connectivity index (χ0v) is 10.4. The highest BCUT2D eigenvalue weighted by molar-refractivity contribution is 5.86. The van der Waals surface area contributed by atoms with E-state index < -0.39 is 11.9 Å². The molecule has 0 unspecified atom stereocenters. The number of likely N-dealkylation sites (tertiary alicyclic amines) is 1. The van der Waals surface area contributed by atoms with Crippen molar-refractivity contribution in [1.29, 1.82) is 0 Å². The monoisotopic (exact) mass is 251 g/mol. The van der Waals surface area contributed by atoms with Gasteiger partial charge in [-0.2, -0.15) is 5.10 Å². The van der Waals surface area contributed by atoms with E-state index in [0.717, 1.165) is 18.4 Å². The van der Waals surface area contributed by atoms with Crippen LogP contribution in [0.15, 0.2) is 12.4 Å². The lowest BCUT2D eigenvalue weighted by Crippen LogP contribution is -2.27. The minimum absolute atomic E-state index is 0.0476. The molecule has 1 atom stereocenters. The maximum Gasteiger partial charge on any atom is 0.308 e. The first kappa shape index (κ1) is 12.6. The van der Waals surface area contributed by atoms with E-state index in [1.807, 2.05) is 19.4 Å². The molecule has 18 heavy (non-hydrogen) atoms. The summed E-state index contributed by atoms with van der Waals surface area (Å²) in [5.41, 5.74) is 1.14. The lowest BCUT2D eigenvalue weighted by Gasteiger charge is -2.15. The fourth-order valence-corrected chi connectivity index (χ4v) is 2.23. The topological polar surface area (TPSA) is 75.4 Å². The molecule has 1 amide bonds. The van der Waals surface area contributed by atoms with Crippen molar-refractivity contribution in [3.63, 3.8) is 0 Å². The van der Waals surface area contributed by atoms with E-state index >= 15 is 0 Å². The van der Waals surface area contributed by atoms with Crippen molar-refractivity contribution < 1.29 is 14.7 Å². The summed E-state index contributed by atoms with van der Waals surface area (Å²) in [5.74, 6) is -1.46. The SMILES string of the molecule is Cn1cc(CCCN2C[C@H](C(=O)O)CC2=O)cn1. The van der Waals surface area contributed by atoms with Crippen LogP contribution in [0.25, 0.3) is 0 Å². The first-order valence-electron chi connectivity index (χ1n) is 6.04. The number of rotatable bonds is 5. The quantitative estimate of drug-likeness (QED) is 0.816. The van der Waals surface area contributed by atoms with Gasteiger partial charge in [0.1, 0.15) is 0 Å². The molecule has 0 saturated carbocycles. The molecule has 1 N–H and O–H groups in total. The number of hydrogen-bond acceptors (Lipinski definition) is 3. The van der Waals surface area contributed by atoms with Crippen molar-refractivity contribution in [3.8, 4) is 0 Å². The van der Waals surface area contributed by atoms with Gasteiger partial charge >= 0.3 is 5.97 Å². The van der Waals surface area contributed by atoms with Gasteiger partial charge in [-0.15, -0.1) is 0 Å². The van der Waals surface area contributed by atoms with Gasteiger partial charge in [-0.05, 0) is 18.4 Å². The van der Waals surface area contributed by atoms with Gasteiger partial charge in [0, 0.05) is 32.8 Å². The van der Waals surface area contributed by atoms with Gasteiger partial charge in [0.05, 0.1) is 12.1 Å². The summed E-state index contributed by atoms with van der Waals surface area (Å²) in [6.07, 6.45) is 5.60. The molecule has 0 bridgehead atoms. The number of aryl methyl sites for hydroxylation is 2. The number of aliphatic carboxylic acids is 1. The molecule has 1 aliphatic heterocycles. The Morgan fingerprint density at radius 2 is 2.39 bits per heavy atom. The third-order valence-corrected chi connectivity index (χ3v) is 3.22. The van der Waals surface area contributed by atoms with E-state index in [1.54, 1.807) is 9.58 Å². The molecule has 1 aromatic rings. The lowest BCUT2D eigenvalue weighted by atomic mass is 10.1. The van der Waals surface area contributed by atoms with Crippen LogP contribution in [0.1, 0.15) is 18.4 Å². The van der Waals surface area contributed by atoms with Gasteiger partial charge in [0.2, 0.25) is 5.91 Å². The normalized spacial score (nSPS) is 19.5.